The number of halogens is 4. The minimum Gasteiger partial charge on any atom is -0.493 e. The van der Waals surface area contributed by atoms with Crippen molar-refractivity contribution in [1.82, 2.24) is 5.43 Å². The predicted octanol–water partition coefficient (Wildman–Crippen LogP) is 7.01. The molecule has 0 aromatic heterocycles. The van der Waals surface area contributed by atoms with Gasteiger partial charge in [-0.3, -0.25) is 0 Å². The molecule has 4 nitrogen and oxygen atoms in total. The first-order valence-electron chi connectivity index (χ1n) is 8.91. The second-order valence-corrected chi connectivity index (χ2v) is 7.95. The molecule has 0 atom stereocenters. The molecule has 8 heteroatoms. The van der Waals surface area contributed by atoms with Crippen LogP contribution in [0, 0.1) is 0 Å². The van der Waals surface area contributed by atoms with Crippen LogP contribution in [0.3, 0.4) is 0 Å². The molecule has 0 heterocycles. The summed E-state index contributed by atoms with van der Waals surface area (Å²) >= 11 is 24.3. The summed E-state index contributed by atoms with van der Waals surface area (Å²) in [6.07, 6.45) is 1.66. The van der Waals surface area contributed by atoms with Crippen LogP contribution in [0.15, 0.2) is 59.7 Å². The van der Waals surface area contributed by atoms with Crippen molar-refractivity contribution in [3.05, 3.63) is 91.4 Å². The standard InChI is InChI=1S/C22H18Cl4N2O2/c1-29-21-10-16(12-28-27-11-14-2-5-17(23)6-3-14)9-20(26)22(21)30-13-15-4-7-18(24)19(25)8-15/h2-10,12,27H,11,13H2,1H3/b28-12-. The summed E-state index contributed by atoms with van der Waals surface area (Å²) in [5, 5.41) is 6.29. The van der Waals surface area contributed by atoms with E-state index in [1.54, 1.807) is 37.6 Å². The van der Waals surface area contributed by atoms with Crippen LogP contribution in [-0.2, 0) is 13.2 Å². The SMILES string of the molecule is COc1cc(/C=N\NCc2ccc(Cl)cc2)cc(Cl)c1OCc1ccc(Cl)c(Cl)c1. The largest absolute Gasteiger partial charge is 0.493 e. The molecule has 3 aromatic rings. The van der Waals surface area contributed by atoms with Crippen molar-refractivity contribution in [2.24, 2.45) is 5.10 Å². The van der Waals surface area contributed by atoms with Gasteiger partial charge in [-0.15, -0.1) is 0 Å². The molecule has 0 saturated carbocycles. The highest BCUT2D eigenvalue weighted by molar-refractivity contribution is 6.42. The number of nitrogens with one attached hydrogen (secondary N) is 1. The molecule has 30 heavy (non-hydrogen) atoms. The second kappa shape index (κ2) is 10.8. The summed E-state index contributed by atoms with van der Waals surface area (Å²) in [4.78, 5) is 0. The molecule has 3 rings (SSSR count). The molecule has 0 aliphatic heterocycles. The molecule has 0 aliphatic carbocycles. The summed E-state index contributed by atoms with van der Waals surface area (Å²) in [6, 6.07) is 16.4. The van der Waals surface area contributed by atoms with Crippen LogP contribution in [0.2, 0.25) is 20.1 Å². The van der Waals surface area contributed by atoms with Gasteiger partial charge in [-0.2, -0.15) is 5.10 Å². The number of nitrogens with zero attached hydrogens (tertiary/aromatic N) is 1. The third-order valence-electron chi connectivity index (χ3n) is 4.12. The Morgan fingerprint density at radius 2 is 1.60 bits per heavy atom. The van der Waals surface area contributed by atoms with Gasteiger partial charge in [0.25, 0.3) is 0 Å². The lowest BCUT2D eigenvalue weighted by atomic mass is 10.2. The van der Waals surface area contributed by atoms with Gasteiger partial charge in [0.2, 0.25) is 0 Å². The van der Waals surface area contributed by atoms with Crippen LogP contribution in [0.4, 0.5) is 0 Å². The van der Waals surface area contributed by atoms with Crippen molar-refractivity contribution in [2.45, 2.75) is 13.2 Å². The maximum absolute atomic E-state index is 6.41. The Bertz CT molecular complexity index is 1040. The van der Waals surface area contributed by atoms with Gasteiger partial charge in [-0.05, 0) is 53.1 Å². The Hall–Kier alpha value is -2.11. The number of ether oxygens (including phenoxy) is 2. The van der Waals surface area contributed by atoms with E-state index >= 15 is 0 Å². The molecule has 0 fully saturated rings. The van der Waals surface area contributed by atoms with Crippen molar-refractivity contribution >= 4 is 52.6 Å². The zero-order valence-electron chi connectivity index (χ0n) is 16.0. The summed E-state index contributed by atoms with van der Waals surface area (Å²) < 4.78 is 11.3. The van der Waals surface area contributed by atoms with E-state index in [1.807, 2.05) is 30.3 Å². The first-order chi connectivity index (χ1) is 14.5. The molecule has 156 valence electrons. The molecule has 1 N–H and O–H groups in total. The zero-order valence-corrected chi connectivity index (χ0v) is 19.0. The third kappa shape index (κ3) is 6.19. The quantitative estimate of drug-likeness (QED) is 0.276. The van der Waals surface area contributed by atoms with E-state index in [0.717, 1.165) is 16.7 Å². The fraction of sp³-hybridized carbons (Fsp3) is 0.136. The molecule has 0 unspecified atom stereocenters. The molecule has 3 aromatic carbocycles. The van der Waals surface area contributed by atoms with E-state index < -0.39 is 0 Å². The Labute approximate surface area is 195 Å². The highest BCUT2D eigenvalue weighted by Gasteiger charge is 2.12. The number of hydrogen-bond donors (Lipinski definition) is 1. The van der Waals surface area contributed by atoms with Crippen molar-refractivity contribution in [3.63, 3.8) is 0 Å². The van der Waals surface area contributed by atoms with E-state index in [0.29, 0.717) is 38.1 Å². The molecule has 0 bridgehead atoms. The lowest BCUT2D eigenvalue weighted by molar-refractivity contribution is 0.284. The number of methoxy groups -OCH3 is 1. The minimum atomic E-state index is 0.267. The van der Waals surface area contributed by atoms with Crippen LogP contribution in [0.1, 0.15) is 16.7 Å². The van der Waals surface area contributed by atoms with E-state index in [4.69, 9.17) is 55.9 Å². The van der Waals surface area contributed by atoms with Crippen molar-refractivity contribution in [1.29, 1.82) is 0 Å². The van der Waals surface area contributed by atoms with Crippen LogP contribution < -0.4 is 14.9 Å². The molecular weight excluding hydrogens is 466 g/mol. The van der Waals surface area contributed by atoms with E-state index in [1.165, 1.54) is 0 Å². The number of rotatable bonds is 8. The highest BCUT2D eigenvalue weighted by atomic mass is 35.5. The first kappa shape index (κ1) is 22.6. The fourth-order valence-electron chi connectivity index (χ4n) is 2.60. The van der Waals surface area contributed by atoms with Gasteiger partial charge < -0.3 is 14.9 Å². The number of hydrazone groups is 1. The Morgan fingerprint density at radius 3 is 2.30 bits per heavy atom. The van der Waals surface area contributed by atoms with E-state index in [-0.39, 0.29) is 6.61 Å². The summed E-state index contributed by atoms with van der Waals surface area (Å²) in [5.74, 6) is 0.943. The van der Waals surface area contributed by atoms with Crippen molar-refractivity contribution < 1.29 is 9.47 Å². The topological polar surface area (TPSA) is 42.8 Å². The Balaban J connectivity index is 1.65. The van der Waals surface area contributed by atoms with Gasteiger partial charge in [0.05, 0.1) is 34.9 Å². The second-order valence-electron chi connectivity index (χ2n) is 6.29. The van der Waals surface area contributed by atoms with Crippen LogP contribution in [0.25, 0.3) is 0 Å². The summed E-state index contributed by atoms with van der Waals surface area (Å²) in [6.45, 7) is 0.840. The average Bonchev–Trinajstić information content (AvgIpc) is 2.73. The van der Waals surface area contributed by atoms with Crippen LogP contribution in [-0.4, -0.2) is 13.3 Å². The van der Waals surface area contributed by atoms with Crippen molar-refractivity contribution in [3.8, 4) is 11.5 Å². The van der Waals surface area contributed by atoms with Gasteiger partial charge in [-0.1, -0.05) is 64.6 Å². The highest BCUT2D eigenvalue weighted by Crippen LogP contribution is 2.37. The first-order valence-corrected chi connectivity index (χ1v) is 10.4. The molecule has 0 spiro atoms. The van der Waals surface area contributed by atoms with Crippen LogP contribution in [0.5, 0.6) is 11.5 Å². The molecule has 0 amide bonds. The van der Waals surface area contributed by atoms with E-state index in [2.05, 4.69) is 10.5 Å². The number of hydrogen-bond acceptors (Lipinski definition) is 4. The molecule has 0 aliphatic rings. The normalized spacial score (nSPS) is 11.0. The maximum atomic E-state index is 6.41. The summed E-state index contributed by atoms with van der Waals surface area (Å²) in [5.41, 5.74) is 5.68. The lowest BCUT2D eigenvalue weighted by Gasteiger charge is -2.13. The summed E-state index contributed by atoms with van der Waals surface area (Å²) in [7, 11) is 1.55. The molecular formula is C22H18Cl4N2O2. The van der Waals surface area contributed by atoms with Gasteiger partial charge in [-0.25, -0.2) is 0 Å². The molecule has 0 saturated heterocycles. The zero-order chi connectivity index (χ0) is 21.5. The van der Waals surface area contributed by atoms with Gasteiger partial charge in [0.15, 0.2) is 11.5 Å². The molecule has 0 radical (unpaired) electrons. The van der Waals surface area contributed by atoms with Crippen LogP contribution >= 0.6 is 46.4 Å². The van der Waals surface area contributed by atoms with Gasteiger partial charge in [0.1, 0.15) is 6.61 Å². The predicted molar refractivity (Wildman–Crippen MR) is 125 cm³/mol. The Kier molecular flexibility index (Phi) is 8.11. The Morgan fingerprint density at radius 1 is 0.867 bits per heavy atom. The lowest BCUT2D eigenvalue weighted by Crippen LogP contribution is -2.05. The van der Waals surface area contributed by atoms with Crippen molar-refractivity contribution in [2.75, 3.05) is 7.11 Å². The van der Waals surface area contributed by atoms with E-state index in [9.17, 15) is 0 Å². The minimum absolute atomic E-state index is 0.267. The fourth-order valence-corrected chi connectivity index (χ4v) is 3.32. The average molecular weight is 484 g/mol. The third-order valence-corrected chi connectivity index (χ3v) is 5.39. The van der Waals surface area contributed by atoms with Gasteiger partial charge in [0, 0.05) is 5.02 Å². The van der Waals surface area contributed by atoms with Gasteiger partial charge >= 0.3 is 0 Å². The monoisotopic (exact) mass is 482 g/mol. The maximum Gasteiger partial charge on any atom is 0.180 e. The number of benzene rings is 3. The smallest absolute Gasteiger partial charge is 0.180 e.